The molecule has 1 aliphatic heterocycles. The van der Waals surface area contributed by atoms with E-state index >= 15 is 0 Å². The van der Waals surface area contributed by atoms with Gasteiger partial charge >= 0.3 is 5.97 Å². The number of rotatable bonds is 5. The summed E-state index contributed by atoms with van der Waals surface area (Å²) in [6.45, 7) is 2.09. The standard InChI is InChI=1S/C19H24N2O5/c1-2-12-7-9-19(10-8-12,18(24)25)21-16(22)11-15-17(23)20-13-5-3-4-6-14(13)26-15/h3-6,12,15H,2,7-11H2,1H3,(H,20,23)(H,21,22)(H,24,25). The van der Waals surface area contributed by atoms with Gasteiger partial charge in [-0.1, -0.05) is 25.5 Å². The first-order chi connectivity index (χ1) is 12.4. The van der Waals surface area contributed by atoms with E-state index < -0.39 is 29.4 Å². The molecule has 2 aliphatic rings. The average molecular weight is 360 g/mol. The van der Waals surface area contributed by atoms with Gasteiger partial charge in [0.1, 0.15) is 11.3 Å². The Morgan fingerprint density at radius 3 is 2.65 bits per heavy atom. The monoisotopic (exact) mass is 360 g/mol. The number of fused-ring (bicyclic) bond motifs is 1. The fourth-order valence-electron chi connectivity index (χ4n) is 3.68. The minimum absolute atomic E-state index is 0.216. The van der Waals surface area contributed by atoms with Gasteiger partial charge in [-0.25, -0.2) is 4.79 Å². The first-order valence-corrected chi connectivity index (χ1v) is 9.04. The number of carboxylic acids is 1. The van der Waals surface area contributed by atoms with Crippen molar-refractivity contribution in [1.29, 1.82) is 0 Å². The van der Waals surface area contributed by atoms with E-state index in [-0.39, 0.29) is 6.42 Å². The number of para-hydroxylation sites is 2. The summed E-state index contributed by atoms with van der Waals surface area (Å²) in [4.78, 5) is 36.4. The lowest BCUT2D eigenvalue weighted by atomic mass is 9.75. The second-order valence-corrected chi connectivity index (χ2v) is 7.08. The minimum Gasteiger partial charge on any atom is -0.480 e. The third-order valence-corrected chi connectivity index (χ3v) is 5.40. The van der Waals surface area contributed by atoms with Crippen LogP contribution in [0.1, 0.15) is 45.4 Å². The highest BCUT2D eigenvalue weighted by molar-refractivity contribution is 6.00. The molecule has 1 fully saturated rings. The van der Waals surface area contributed by atoms with Crippen molar-refractivity contribution in [2.75, 3.05) is 5.32 Å². The highest BCUT2D eigenvalue weighted by Crippen LogP contribution is 2.34. The molecule has 2 amide bonds. The molecule has 3 rings (SSSR count). The van der Waals surface area contributed by atoms with Crippen LogP contribution in [0.3, 0.4) is 0 Å². The predicted octanol–water partition coefficient (Wildman–Crippen LogP) is 2.32. The number of hydrogen-bond acceptors (Lipinski definition) is 4. The fourth-order valence-corrected chi connectivity index (χ4v) is 3.68. The molecule has 3 N–H and O–H groups in total. The smallest absolute Gasteiger partial charge is 0.329 e. The van der Waals surface area contributed by atoms with Crippen LogP contribution in [0.4, 0.5) is 5.69 Å². The van der Waals surface area contributed by atoms with E-state index in [1.54, 1.807) is 24.3 Å². The Kier molecular flexibility index (Phi) is 5.15. The van der Waals surface area contributed by atoms with Crippen LogP contribution in [0, 0.1) is 5.92 Å². The lowest BCUT2D eigenvalue weighted by molar-refractivity contribution is -0.150. The quantitative estimate of drug-likeness (QED) is 0.747. The summed E-state index contributed by atoms with van der Waals surface area (Å²) in [5, 5.41) is 15.0. The van der Waals surface area contributed by atoms with Crippen molar-refractivity contribution in [2.24, 2.45) is 5.92 Å². The number of carbonyl (C=O) groups is 3. The minimum atomic E-state index is -1.24. The maximum Gasteiger partial charge on any atom is 0.329 e. The number of amides is 2. The fraction of sp³-hybridized carbons (Fsp3) is 0.526. The summed E-state index contributed by atoms with van der Waals surface area (Å²) in [5.74, 6) is -0.899. The second-order valence-electron chi connectivity index (χ2n) is 7.08. The lowest BCUT2D eigenvalue weighted by Gasteiger charge is -2.37. The van der Waals surface area contributed by atoms with Crippen LogP contribution in [0.5, 0.6) is 5.75 Å². The van der Waals surface area contributed by atoms with Crippen molar-refractivity contribution in [1.82, 2.24) is 5.32 Å². The molecule has 1 unspecified atom stereocenters. The zero-order valence-electron chi connectivity index (χ0n) is 14.8. The molecule has 1 saturated carbocycles. The average Bonchev–Trinajstić information content (AvgIpc) is 2.62. The highest BCUT2D eigenvalue weighted by atomic mass is 16.5. The van der Waals surface area contributed by atoms with Crippen LogP contribution in [-0.4, -0.2) is 34.5 Å². The Labute approximate surface area is 152 Å². The van der Waals surface area contributed by atoms with Gasteiger partial charge in [0.15, 0.2) is 6.10 Å². The normalized spacial score (nSPS) is 27.7. The van der Waals surface area contributed by atoms with E-state index in [9.17, 15) is 19.5 Å². The summed E-state index contributed by atoms with van der Waals surface area (Å²) in [5.41, 5.74) is -0.680. The van der Waals surface area contributed by atoms with E-state index in [4.69, 9.17) is 4.74 Å². The van der Waals surface area contributed by atoms with Crippen molar-refractivity contribution in [3.05, 3.63) is 24.3 Å². The molecule has 1 aromatic carbocycles. The van der Waals surface area contributed by atoms with E-state index in [0.717, 1.165) is 19.3 Å². The number of carboxylic acid groups (broad SMARTS) is 1. The summed E-state index contributed by atoms with van der Waals surface area (Å²) in [7, 11) is 0. The molecule has 1 aliphatic carbocycles. The Hall–Kier alpha value is -2.57. The van der Waals surface area contributed by atoms with Gasteiger partial charge in [0.05, 0.1) is 12.1 Å². The van der Waals surface area contributed by atoms with E-state index in [2.05, 4.69) is 17.6 Å². The number of nitrogens with one attached hydrogen (secondary N) is 2. The van der Waals surface area contributed by atoms with Gasteiger partial charge in [-0.3, -0.25) is 9.59 Å². The molecule has 0 aromatic heterocycles. The molecule has 7 heteroatoms. The van der Waals surface area contributed by atoms with Crippen LogP contribution in [0.25, 0.3) is 0 Å². The summed E-state index contributed by atoms with van der Waals surface area (Å²) in [6, 6.07) is 6.98. The van der Waals surface area contributed by atoms with E-state index in [1.807, 2.05) is 0 Å². The predicted molar refractivity (Wildman–Crippen MR) is 94.9 cm³/mol. The molecular formula is C19H24N2O5. The summed E-state index contributed by atoms with van der Waals surface area (Å²) < 4.78 is 5.61. The maximum absolute atomic E-state index is 12.5. The molecule has 7 nitrogen and oxygen atoms in total. The number of ether oxygens (including phenoxy) is 1. The topological polar surface area (TPSA) is 105 Å². The van der Waals surface area contributed by atoms with Gasteiger partial charge in [0.25, 0.3) is 5.91 Å². The van der Waals surface area contributed by atoms with E-state index in [0.29, 0.717) is 30.2 Å². The van der Waals surface area contributed by atoms with E-state index in [1.165, 1.54) is 0 Å². The van der Waals surface area contributed by atoms with Gasteiger partial charge < -0.3 is 20.5 Å². The van der Waals surface area contributed by atoms with Gasteiger partial charge in [-0.15, -0.1) is 0 Å². The number of aliphatic carboxylic acids is 1. The molecule has 0 radical (unpaired) electrons. The van der Waals surface area contributed by atoms with Crippen LogP contribution in [0.2, 0.25) is 0 Å². The molecule has 1 atom stereocenters. The highest BCUT2D eigenvalue weighted by Gasteiger charge is 2.43. The zero-order valence-corrected chi connectivity index (χ0v) is 14.8. The Morgan fingerprint density at radius 1 is 1.31 bits per heavy atom. The third kappa shape index (κ3) is 3.66. The first-order valence-electron chi connectivity index (χ1n) is 9.04. The van der Waals surface area contributed by atoms with Crippen LogP contribution in [-0.2, 0) is 14.4 Å². The van der Waals surface area contributed by atoms with Crippen LogP contribution >= 0.6 is 0 Å². The molecular weight excluding hydrogens is 336 g/mol. The molecule has 1 heterocycles. The van der Waals surface area contributed by atoms with Crippen LogP contribution < -0.4 is 15.4 Å². The summed E-state index contributed by atoms with van der Waals surface area (Å²) in [6.07, 6.45) is 2.20. The number of hydrogen-bond donors (Lipinski definition) is 3. The number of anilines is 1. The van der Waals surface area contributed by atoms with Crippen molar-refractivity contribution in [3.8, 4) is 5.75 Å². The van der Waals surface area contributed by atoms with Crippen molar-refractivity contribution < 1.29 is 24.2 Å². The molecule has 26 heavy (non-hydrogen) atoms. The van der Waals surface area contributed by atoms with Gasteiger partial charge in [0, 0.05) is 0 Å². The van der Waals surface area contributed by atoms with Crippen molar-refractivity contribution in [3.63, 3.8) is 0 Å². The molecule has 0 spiro atoms. The molecule has 140 valence electrons. The molecule has 0 bridgehead atoms. The van der Waals surface area contributed by atoms with Gasteiger partial charge in [-0.2, -0.15) is 0 Å². The molecule has 1 aromatic rings. The Balaban J connectivity index is 1.64. The zero-order chi connectivity index (χ0) is 18.7. The van der Waals surface area contributed by atoms with Crippen molar-refractivity contribution >= 4 is 23.5 Å². The SMILES string of the molecule is CCC1CCC(NC(=O)CC2Oc3ccccc3NC2=O)(C(=O)O)CC1. The molecule has 0 saturated heterocycles. The maximum atomic E-state index is 12.5. The lowest BCUT2D eigenvalue weighted by Crippen LogP contribution is -2.57. The van der Waals surface area contributed by atoms with Gasteiger partial charge in [-0.05, 0) is 43.7 Å². The Bertz CT molecular complexity index is 710. The van der Waals surface area contributed by atoms with Crippen LogP contribution in [0.15, 0.2) is 24.3 Å². The van der Waals surface area contributed by atoms with Crippen molar-refractivity contribution in [2.45, 2.75) is 57.1 Å². The second kappa shape index (κ2) is 7.35. The van der Waals surface area contributed by atoms with Gasteiger partial charge in [0.2, 0.25) is 5.91 Å². The number of benzene rings is 1. The largest absolute Gasteiger partial charge is 0.480 e. The number of carbonyl (C=O) groups excluding carboxylic acids is 2. The summed E-state index contributed by atoms with van der Waals surface area (Å²) >= 11 is 0. The third-order valence-electron chi connectivity index (χ3n) is 5.40. The first kappa shape index (κ1) is 18.2. The Morgan fingerprint density at radius 2 is 2.00 bits per heavy atom.